The Hall–Kier alpha value is -1.88. The summed E-state index contributed by atoms with van der Waals surface area (Å²) in [6, 6.07) is 9.45. The summed E-state index contributed by atoms with van der Waals surface area (Å²) in [6.45, 7) is 3.98. The highest BCUT2D eigenvalue weighted by molar-refractivity contribution is 6.05. The van der Waals surface area contributed by atoms with Crippen LogP contribution in [0, 0.1) is 16.7 Å². The maximum absolute atomic E-state index is 12.1. The van der Waals surface area contributed by atoms with Gasteiger partial charge in [-0.3, -0.25) is 4.79 Å². The van der Waals surface area contributed by atoms with Crippen molar-refractivity contribution in [3.05, 3.63) is 41.0 Å². The molecule has 0 spiro atoms. The van der Waals surface area contributed by atoms with Crippen molar-refractivity contribution >= 4 is 11.9 Å². The summed E-state index contributed by atoms with van der Waals surface area (Å²) in [7, 11) is 0. The summed E-state index contributed by atoms with van der Waals surface area (Å²) >= 11 is 0. The molecule has 2 heteroatoms. The molecule has 0 heterocycles. The van der Waals surface area contributed by atoms with Crippen LogP contribution >= 0.6 is 0 Å². The van der Waals surface area contributed by atoms with Crippen LogP contribution in [0.5, 0.6) is 0 Å². The van der Waals surface area contributed by atoms with E-state index in [0.29, 0.717) is 5.56 Å². The minimum Gasteiger partial charge on any atom is -0.294 e. The lowest BCUT2D eigenvalue weighted by Crippen LogP contribution is -2.17. The quantitative estimate of drug-likeness (QED) is 0.688. The Balaban J connectivity index is 2.32. The van der Waals surface area contributed by atoms with Crippen molar-refractivity contribution in [1.82, 2.24) is 0 Å². The Morgan fingerprint density at radius 1 is 1.41 bits per heavy atom. The molecule has 2 rings (SSSR count). The van der Waals surface area contributed by atoms with Crippen LogP contribution in [0.15, 0.2) is 29.8 Å². The minimum atomic E-state index is -0.224. The van der Waals surface area contributed by atoms with Crippen LogP contribution in [0.1, 0.15) is 37.8 Å². The molecule has 1 aromatic rings. The number of allylic oxidation sites excluding steroid dienone is 1. The van der Waals surface area contributed by atoms with Crippen LogP contribution in [-0.4, -0.2) is 5.78 Å². The summed E-state index contributed by atoms with van der Waals surface area (Å²) in [5.41, 5.74) is 2.22. The maximum atomic E-state index is 12.1. The van der Waals surface area contributed by atoms with E-state index in [-0.39, 0.29) is 11.2 Å². The van der Waals surface area contributed by atoms with Crippen molar-refractivity contribution in [3.8, 4) is 6.07 Å². The first kappa shape index (κ1) is 11.6. The Bertz CT molecular complexity index is 532. The topological polar surface area (TPSA) is 40.9 Å². The van der Waals surface area contributed by atoms with Crippen molar-refractivity contribution in [2.24, 2.45) is 5.41 Å². The zero-order valence-electron chi connectivity index (χ0n) is 10.2. The van der Waals surface area contributed by atoms with E-state index >= 15 is 0 Å². The third-order valence-electron chi connectivity index (χ3n) is 3.28. The van der Waals surface area contributed by atoms with Gasteiger partial charge in [-0.1, -0.05) is 26.0 Å². The molecule has 1 aliphatic rings. The summed E-state index contributed by atoms with van der Waals surface area (Å²) in [5, 5.41) is 8.82. The lowest BCUT2D eigenvalue weighted by molar-refractivity contribution is -0.121. The fourth-order valence-corrected chi connectivity index (χ4v) is 2.15. The highest BCUT2D eigenvalue weighted by atomic mass is 16.1. The standard InChI is InChI=1S/C15H15NO/c1-15(2)7-6-13(14(15)17)9-11-4-3-5-12(8-11)10-16/h3-5,8-9H,6-7H2,1-2H3. The number of hydrogen-bond acceptors (Lipinski definition) is 2. The Morgan fingerprint density at radius 3 is 2.76 bits per heavy atom. The van der Waals surface area contributed by atoms with Gasteiger partial charge in [0.05, 0.1) is 11.6 Å². The van der Waals surface area contributed by atoms with E-state index in [0.717, 1.165) is 24.0 Å². The first-order valence-electron chi connectivity index (χ1n) is 5.78. The second-order valence-corrected chi connectivity index (χ2v) is 5.12. The summed E-state index contributed by atoms with van der Waals surface area (Å²) in [6.07, 6.45) is 3.66. The number of hydrogen-bond donors (Lipinski definition) is 0. The average molecular weight is 225 g/mol. The van der Waals surface area contributed by atoms with Crippen LogP contribution in [0.25, 0.3) is 6.08 Å². The molecule has 86 valence electrons. The van der Waals surface area contributed by atoms with Crippen molar-refractivity contribution < 1.29 is 4.79 Å². The van der Waals surface area contributed by atoms with Gasteiger partial charge in [0.2, 0.25) is 0 Å². The van der Waals surface area contributed by atoms with Gasteiger partial charge in [0.1, 0.15) is 0 Å². The number of ketones is 1. The van der Waals surface area contributed by atoms with Gasteiger partial charge < -0.3 is 0 Å². The molecule has 1 aromatic carbocycles. The van der Waals surface area contributed by atoms with Crippen LogP contribution < -0.4 is 0 Å². The lowest BCUT2D eigenvalue weighted by atomic mass is 9.90. The van der Waals surface area contributed by atoms with Gasteiger partial charge >= 0.3 is 0 Å². The van der Waals surface area contributed by atoms with Gasteiger partial charge in [-0.05, 0) is 42.2 Å². The molecule has 0 bridgehead atoms. The molecule has 2 nitrogen and oxygen atoms in total. The molecule has 0 unspecified atom stereocenters. The van der Waals surface area contributed by atoms with Crippen molar-refractivity contribution in [3.63, 3.8) is 0 Å². The molecule has 0 amide bonds. The number of benzene rings is 1. The molecule has 0 N–H and O–H groups in total. The highest BCUT2D eigenvalue weighted by Crippen LogP contribution is 2.37. The summed E-state index contributed by atoms with van der Waals surface area (Å²) < 4.78 is 0. The van der Waals surface area contributed by atoms with Gasteiger partial charge in [-0.15, -0.1) is 0 Å². The molecule has 1 saturated carbocycles. The Labute approximate surface area is 102 Å². The van der Waals surface area contributed by atoms with E-state index in [1.165, 1.54) is 0 Å². The zero-order valence-corrected chi connectivity index (χ0v) is 10.2. The lowest BCUT2D eigenvalue weighted by Gasteiger charge is -2.12. The number of rotatable bonds is 1. The fraction of sp³-hybridized carbons (Fsp3) is 0.333. The second-order valence-electron chi connectivity index (χ2n) is 5.12. The molecule has 1 fully saturated rings. The monoisotopic (exact) mass is 225 g/mol. The SMILES string of the molecule is CC1(C)CCC(=Cc2cccc(C#N)c2)C1=O. The minimum absolute atomic E-state index is 0.224. The second kappa shape index (κ2) is 4.18. The third kappa shape index (κ3) is 2.29. The van der Waals surface area contributed by atoms with E-state index in [4.69, 9.17) is 5.26 Å². The van der Waals surface area contributed by atoms with E-state index < -0.39 is 0 Å². The van der Waals surface area contributed by atoms with Gasteiger partial charge in [0, 0.05) is 5.41 Å². The van der Waals surface area contributed by atoms with Crippen LogP contribution in [0.2, 0.25) is 0 Å². The normalized spacial score (nSPS) is 20.5. The molecule has 0 aromatic heterocycles. The highest BCUT2D eigenvalue weighted by Gasteiger charge is 2.36. The maximum Gasteiger partial charge on any atom is 0.164 e. The molecule has 17 heavy (non-hydrogen) atoms. The number of Topliss-reactive ketones (excluding diaryl/α,β-unsaturated/α-hetero) is 1. The molecule has 0 saturated heterocycles. The van der Waals surface area contributed by atoms with Crippen LogP contribution in [0.3, 0.4) is 0 Å². The van der Waals surface area contributed by atoms with Crippen LogP contribution in [-0.2, 0) is 4.79 Å². The van der Waals surface area contributed by atoms with Crippen molar-refractivity contribution in [2.45, 2.75) is 26.7 Å². The predicted octanol–water partition coefficient (Wildman–Crippen LogP) is 3.33. The number of nitriles is 1. The fourth-order valence-electron chi connectivity index (χ4n) is 2.15. The van der Waals surface area contributed by atoms with Gasteiger partial charge in [-0.25, -0.2) is 0 Å². The molecular weight excluding hydrogens is 210 g/mol. The Morgan fingerprint density at radius 2 is 2.18 bits per heavy atom. The smallest absolute Gasteiger partial charge is 0.164 e. The summed E-state index contributed by atoms with van der Waals surface area (Å²) in [5.74, 6) is 0.236. The van der Waals surface area contributed by atoms with Crippen molar-refractivity contribution in [1.29, 1.82) is 5.26 Å². The summed E-state index contributed by atoms with van der Waals surface area (Å²) in [4.78, 5) is 12.1. The van der Waals surface area contributed by atoms with Gasteiger partial charge in [0.15, 0.2) is 5.78 Å². The Kier molecular flexibility index (Phi) is 2.85. The number of carbonyl (C=O) groups is 1. The molecular formula is C15H15NO. The van der Waals surface area contributed by atoms with Gasteiger partial charge in [-0.2, -0.15) is 5.26 Å². The van der Waals surface area contributed by atoms with Crippen LogP contribution in [0.4, 0.5) is 0 Å². The molecule has 1 aliphatic carbocycles. The van der Waals surface area contributed by atoms with E-state index in [9.17, 15) is 4.79 Å². The predicted molar refractivity (Wildman–Crippen MR) is 67.2 cm³/mol. The average Bonchev–Trinajstić information content (AvgIpc) is 2.57. The zero-order chi connectivity index (χ0) is 12.5. The molecule has 0 aliphatic heterocycles. The number of nitrogens with zero attached hydrogens (tertiary/aromatic N) is 1. The third-order valence-corrected chi connectivity index (χ3v) is 3.28. The first-order valence-corrected chi connectivity index (χ1v) is 5.78. The largest absolute Gasteiger partial charge is 0.294 e. The van der Waals surface area contributed by atoms with E-state index in [1.54, 1.807) is 6.07 Å². The van der Waals surface area contributed by atoms with Crippen molar-refractivity contribution in [2.75, 3.05) is 0 Å². The molecule has 0 atom stereocenters. The van der Waals surface area contributed by atoms with E-state index in [1.807, 2.05) is 38.1 Å². The van der Waals surface area contributed by atoms with Gasteiger partial charge in [0.25, 0.3) is 0 Å². The van der Waals surface area contributed by atoms with E-state index in [2.05, 4.69) is 6.07 Å². The number of carbonyl (C=O) groups excluding carboxylic acids is 1. The first-order chi connectivity index (χ1) is 8.03. The molecule has 0 radical (unpaired) electrons.